The van der Waals surface area contributed by atoms with Gasteiger partial charge >= 0.3 is 0 Å². The molecule has 1 saturated heterocycles. The van der Waals surface area contributed by atoms with E-state index < -0.39 is 0 Å². The van der Waals surface area contributed by atoms with Crippen molar-refractivity contribution in [3.63, 3.8) is 0 Å². The molecule has 1 aromatic heterocycles. The Labute approximate surface area is 201 Å². The second-order valence-electron chi connectivity index (χ2n) is 9.67. The van der Waals surface area contributed by atoms with E-state index in [1.54, 1.807) is 16.6 Å². The third kappa shape index (κ3) is 5.43. The number of piperidine rings is 1. The maximum Gasteiger partial charge on any atom is 0.274 e. The van der Waals surface area contributed by atoms with Crippen LogP contribution in [0, 0.1) is 12.3 Å². The van der Waals surface area contributed by atoms with Gasteiger partial charge in [-0.2, -0.15) is 5.10 Å². The van der Waals surface area contributed by atoms with Gasteiger partial charge in [0.05, 0.1) is 18.8 Å². The van der Waals surface area contributed by atoms with Crippen molar-refractivity contribution in [1.82, 2.24) is 19.6 Å². The van der Waals surface area contributed by atoms with E-state index >= 15 is 0 Å². The number of hydrogen-bond donors (Lipinski definition) is 0. The fourth-order valence-electron chi connectivity index (χ4n) is 4.79. The molecule has 184 valence electrons. The number of fused-ring (bicyclic) bond motifs is 1. The Bertz CT molecular complexity index is 990. The number of likely N-dealkylation sites (N-methyl/N-ethyl adjacent to an activating group) is 1. The van der Waals surface area contributed by atoms with E-state index in [1.165, 1.54) is 0 Å². The van der Waals surface area contributed by atoms with Gasteiger partial charge in [0, 0.05) is 51.4 Å². The minimum Gasteiger partial charge on any atom is -0.492 e. The molecule has 0 atom stereocenters. The highest BCUT2D eigenvalue weighted by atomic mass is 16.5. The number of ether oxygens (including phenoxy) is 2. The van der Waals surface area contributed by atoms with E-state index in [4.69, 9.17) is 9.47 Å². The summed E-state index contributed by atoms with van der Waals surface area (Å²) in [6.07, 6.45) is 4.76. The number of carbonyl (C=O) groups is 2. The molecule has 0 aliphatic carbocycles. The summed E-state index contributed by atoms with van der Waals surface area (Å²) in [5.41, 5.74) is 2.02. The summed E-state index contributed by atoms with van der Waals surface area (Å²) < 4.78 is 13.9. The van der Waals surface area contributed by atoms with Crippen molar-refractivity contribution in [1.29, 1.82) is 0 Å². The van der Waals surface area contributed by atoms with Crippen LogP contribution in [0.1, 0.15) is 58.6 Å². The van der Waals surface area contributed by atoms with Crippen molar-refractivity contribution in [2.75, 3.05) is 46.5 Å². The molecular weight excluding hydrogens is 432 g/mol. The van der Waals surface area contributed by atoms with Crippen LogP contribution in [0.4, 0.5) is 0 Å². The first-order valence-electron chi connectivity index (χ1n) is 12.2. The largest absolute Gasteiger partial charge is 0.492 e. The molecule has 0 N–H and O–H groups in total. The average Bonchev–Trinajstić information content (AvgIpc) is 3.19. The number of benzene rings is 1. The average molecular weight is 469 g/mol. The topological polar surface area (TPSA) is 76.9 Å². The van der Waals surface area contributed by atoms with Gasteiger partial charge in [0.2, 0.25) is 0 Å². The number of nitrogens with zero attached hydrogens (tertiary/aromatic N) is 4. The van der Waals surface area contributed by atoms with Crippen LogP contribution in [0.3, 0.4) is 0 Å². The number of para-hydroxylation sites is 1. The van der Waals surface area contributed by atoms with Crippen molar-refractivity contribution >= 4 is 11.8 Å². The molecule has 2 aliphatic heterocycles. The van der Waals surface area contributed by atoms with E-state index in [0.717, 1.165) is 37.8 Å². The van der Waals surface area contributed by atoms with Gasteiger partial charge < -0.3 is 19.3 Å². The van der Waals surface area contributed by atoms with Crippen molar-refractivity contribution in [2.24, 2.45) is 12.5 Å². The Morgan fingerprint density at radius 3 is 2.53 bits per heavy atom. The Balaban J connectivity index is 1.49. The second kappa shape index (κ2) is 10.6. The Morgan fingerprint density at radius 2 is 1.79 bits per heavy atom. The molecule has 2 amide bonds. The molecule has 1 spiro atoms. The summed E-state index contributed by atoms with van der Waals surface area (Å²) in [7, 11) is 3.65. The lowest BCUT2D eigenvalue weighted by atomic mass is 9.75. The minimum atomic E-state index is -0.0589. The van der Waals surface area contributed by atoms with Crippen LogP contribution in [0.25, 0.3) is 0 Å². The van der Waals surface area contributed by atoms with Gasteiger partial charge in [-0.1, -0.05) is 18.6 Å². The zero-order chi connectivity index (χ0) is 24.1. The molecule has 3 heterocycles. The van der Waals surface area contributed by atoms with Crippen LogP contribution in [0.2, 0.25) is 0 Å². The molecule has 2 aliphatic rings. The molecule has 2 aromatic rings. The SMILES string of the molecule is Cc1cc(C(=O)N2CCC3(CCCCOCCN(C)C(=O)c4ccccc4OC3)CC2)nn1C. The maximum absolute atomic E-state index is 13.0. The number of amides is 2. The lowest BCUT2D eigenvalue weighted by Crippen LogP contribution is -2.45. The monoisotopic (exact) mass is 468 g/mol. The fraction of sp³-hybridized carbons (Fsp3) is 0.577. The summed E-state index contributed by atoms with van der Waals surface area (Å²) in [4.78, 5) is 29.6. The normalized spacial score (nSPS) is 19.9. The van der Waals surface area contributed by atoms with Gasteiger partial charge in [0.25, 0.3) is 11.8 Å². The summed E-state index contributed by atoms with van der Waals surface area (Å²) >= 11 is 0. The summed E-state index contributed by atoms with van der Waals surface area (Å²) in [5, 5.41) is 4.36. The quantitative estimate of drug-likeness (QED) is 0.642. The first-order chi connectivity index (χ1) is 16.4. The van der Waals surface area contributed by atoms with E-state index in [2.05, 4.69) is 5.10 Å². The molecule has 4 rings (SSSR count). The molecule has 1 aromatic carbocycles. The Kier molecular flexibility index (Phi) is 7.56. The summed E-state index contributed by atoms with van der Waals surface area (Å²) in [6.45, 7) is 5.61. The molecule has 0 saturated carbocycles. The highest BCUT2D eigenvalue weighted by Crippen LogP contribution is 2.38. The number of rotatable bonds is 1. The van der Waals surface area contributed by atoms with Gasteiger partial charge in [-0.05, 0) is 50.8 Å². The predicted molar refractivity (Wildman–Crippen MR) is 129 cm³/mol. The van der Waals surface area contributed by atoms with E-state index in [1.807, 2.05) is 49.2 Å². The van der Waals surface area contributed by atoms with E-state index in [0.29, 0.717) is 56.5 Å². The summed E-state index contributed by atoms with van der Waals surface area (Å²) in [5.74, 6) is 0.559. The first kappa shape index (κ1) is 24.3. The van der Waals surface area contributed by atoms with Gasteiger partial charge in [0.1, 0.15) is 5.75 Å². The van der Waals surface area contributed by atoms with E-state index in [-0.39, 0.29) is 17.2 Å². The third-order valence-corrected chi connectivity index (χ3v) is 7.26. The Morgan fingerprint density at radius 1 is 1.03 bits per heavy atom. The standard InChI is InChI=1S/C26H36N4O4/c1-20-18-22(27-29(20)3)25(32)30-13-11-26(12-14-30)10-6-7-16-33-17-15-28(2)24(31)21-8-4-5-9-23(21)34-19-26/h4-5,8-9,18H,6-7,10-17,19H2,1-3H3. The van der Waals surface area contributed by atoms with Crippen LogP contribution in [0.5, 0.6) is 5.75 Å². The number of hydrogen-bond acceptors (Lipinski definition) is 5. The van der Waals surface area contributed by atoms with Crippen molar-refractivity contribution in [3.05, 3.63) is 47.3 Å². The first-order valence-corrected chi connectivity index (χ1v) is 12.2. The summed E-state index contributed by atoms with van der Waals surface area (Å²) in [6, 6.07) is 9.32. The molecule has 0 bridgehead atoms. The highest BCUT2D eigenvalue weighted by molar-refractivity contribution is 5.96. The number of carbonyl (C=O) groups excluding carboxylic acids is 2. The second-order valence-corrected chi connectivity index (χ2v) is 9.67. The van der Waals surface area contributed by atoms with E-state index in [9.17, 15) is 9.59 Å². The molecule has 34 heavy (non-hydrogen) atoms. The van der Waals surface area contributed by atoms with Gasteiger partial charge in [-0.3, -0.25) is 14.3 Å². The van der Waals surface area contributed by atoms with Gasteiger partial charge in [-0.25, -0.2) is 0 Å². The zero-order valence-electron chi connectivity index (χ0n) is 20.6. The minimum absolute atomic E-state index is 0.00672. The van der Waals surface area contributed by atoms with Crippen LogP contribution < -0.4 is 4.74 Å². The molecule has 8 nitrogen and oxygen atoms in total. The molecule has 0 unspecified atom stereocenters. The van der Waals surface area contributed by atoms with Crippen LogP contribution in [0.15, 0.2) is 30.3 Å². The number of aryl methyl sites for hydroxylation is 2. The van der Waals surface area contributed by atoms with Crippen molar-refractivity contribution in [3.8, 4) is 5.75 Å². The predicted octanol–water partition coefficient (Wildman–Crippen LogP) is 3.30. The number of aromatic nitrogens is 2. The van der Waals surface area contributed by atoms with Crippen LogP contribution in [-0.2, 0) is 11.8 Å². The van der Waals surface area contributed by atoms with Gasteiger partial charge in [0.15, 0.2) is 5.69 Å². The lowest BCUT2D eigenvalue weighted by Gasteiger charge is -2.41. The van der Waals surface area contributed by atoms with Crippen LogP contribution >= 0.6 is 0 Å². The number of likely N-dealkylation sites (tertiary alicyclic amines) is 1. The molecule has 8 heteroatoms. The fourth-order valence-corrected chi connectivity index (χ4v) is 4.79. The molecule has 1 fully saturated rings. The lowest BCUT2D eigenvalue weighted by molar-refractivity contribution is 0.0325. The van der Waals surface area contributed by atoms with Crippen molar-refractivity contribution < 1.29 is 19.1 Å². The highest BCUT2D eigenvalue weighted by Gasteiger charge is 2.37. The smallest absolute Gasteiger partial charge is 0.274 e. The van der Waals surface area contributed by atoms with Crippen LogP contribution in [-0.4, -0.2) is 77.9 Å². The maximum atomic E-state index is 13.0. The third-order valence-electron chi connectivity index (χ3n) is 7.26. The Hall–Kier alpha value is -2.87. The molecular formula is C26H36N4O4. The van der Waals surface area contributed by atoms with Crippen molar-refractivity contribution in [2.45, 2.75) is 39.0 Å². The molecule has 0 radical (unpaired) electrons. The van der Waals surface area contributed by atoms with Gasteiger partial charge in [-0.15, -0.1) is 0 Å². The zero-order valence-corrected chi connectivity index (χ0v) is 20.6.